The van der Waals surface area contributed by atoms with E-state index in [0.717, 1.165) is 50.2 Å². The molecule has 2 heterocycles. The van der Waals surface area contributed by atoms with Crippen LogP contribution in [0.1, 0.15) is 42.3 Å². The third kappa shape index (κ3) is 5.34. The predicted octanol–water partition coefficient (Wildman–Crippen LogP) is 13.7. The normalized spacial score (nSPS) is 15.2. The SMILES string of the molecule is CC1(C)c2ccccc2-c2ccc(-c3ccc(C4N=C(c5ccccc5)N4c4ccc5c(c4)nc(-c4ccccc4)c4cccc(-c6ccccc6)c45)cc3)cc21. The van der Waals surface area contributed by atoms with Crippen LogP contribution in [0, 0.1) is 0 Å². The summed E-state index contributed by atoms with van der Waals surface area (Å²) in [5.74, 6) is 0.957. The van der Waals surface area contributed by atoms with E-state index in [1.165, 1.54) is 49.9 Å². The Kier molecular flexibility index (Phi) is 7.58. The number of pyridine rings is 1. The van der Waals surface area contributed by atoms with Gasteiger partial charge in [-0.25, -0.2) is 9.98 Å². The maximum absolute atomic E-state index is 5.43. The molecular weight excluding hydrogens is 691 g/mol. The summed E-state index contributed by atoms with van der Waals surface area (Å²) < 4.78 is 0. The Labute approximate surface area is 333 Å². The number of fused-ring (bicyclic) bond motifs is 6. The molecule has 8 aromatic carbocycles. The Morgan fingerprint density at radius 3 is 1.84 bits per heavy atom. The van der Waals surface area contributed by atoms with Crippen molar-refractivity contribution in [2.24, 2.45) is 4.99 Å². The third-order valence-corrected chi connectivity index (χ3v) is 12.1. The van der Waals surface area contributed by atoms with E-state index in [1.807, 2.05) is 0 Å². The number of amidine groups is 1. The lowest BCUT2D eigenvalue weighted by Crippen LogP contribution is -2.43. The van der Waals surface area contributed by atoms with E-state index in [9.17, 15) is 0 Å². The van der Waals surface area contributed by atoms with Crippen molar-refractivity contribution in [2.75, 3.05) is 4.90 Å². The first-order valence-electron chi connectivity index (χ1n) is 19.8. The van der Waals surface area contributed by atoms with Gasteiger partial charge >= 0.3 is 0 Å². The van der Waals surface area contributed by atoms with Gasteiger partial charge in [-0.15, -0.1) is 0 Å². The lowest BCUT2D eigenvalue weighted by molar-refractivity contribution is 0.660. The Bertz CT molecular complexity index is 3020. The molecule has 57 heavy (non-hydrogen) atoms. The minimum absolute atomic E-state index is 0.0389. The molecule has 0 amide bonds. The molecule has 1 atom stereocenters. The molecule has 9 aromatic rings. The second kappa shape index (κ2) is 13.0. The van der Waals surface area contributed by atoms with Crippen LogP contribution in [0.2, 0.25) is 0 Å². The summed E-state index contributed by atoms with van der Waals surface area (Å²) in [7, 11) is 0. The first-order valence-corrected chi connectivity index (χ1v) is 19.8. The van der Waals surface area contributed by atoms with Crippen molar-refractivity contribution in [1.82, 2.24) is 4.98 Å². The zero-order chi connectivity index (χ0) is 38.1. The maximum atomic E-state index is 5.43. The monoisotopic (exact) mass is 729 g/mol. The molecule has 0 bridgehead atoms. The van der Waals surface area contributed by atoms with Gasteiger partial charge in [0.1, 0.15) is 5.84 Å². The molecule has 3 nitrogen and oxygen atoms in total. The highest BCUT2D eigenvalue weighted by atomic mass is 15.4. The molecule has 3 heteroatoms. The maximum Gasteiger partial charge on any atom is 0.155 e. The molecule has 1 unspecified atom stereocenters. The van der Waals surface area contributed by atoms with E-state index >= 15 is 0 Å². The molecule has 11 rings (SSSR count). The van der Waals surface area contributed by atoms with Gasteiger partial charge in [-0.1, -0.05) is 190 Å². The molecular formula is C54H39N3. The fraction of sp³-hybridized carbons (Fsp3) is 0.0741. The van der Waals surface area contributed by atoms with Gasteiger partial charge in [-0.2, -0.15) is 0 Å². The Morgan fingerprint density at radius 1 is 0.456 bits per heavy atom. The summed E-state index contributed by atoms with van der Waals surface area (Å²) in [6, 6.07) is 69.9. The fourth-order valence-corrected chi connectivity index (χ4v) is 9.18. The largest absolute Gasteiger partial charge is 0.299 e. The number of hydrogen-bond donors (Lipinski definition) is 0. The molecule has 0 radical (unpaired) electrons. The van der Waals surface area contributed by atoms with Crippen LogP contribution in [0.5, 0.6) is 0 Å². The van der Waals surface area contributed by atoms with Gasteiger partial charge in [0.05, 0.1) is 11.2 Å². The number of rotatable bonds is 6. The minimum atomic E-state index is -0.172. The predicted molar refractivity (Wildman–Crippen MR) is 238 cm³/mol. The molecule has 1 aliphatic carbocycles. The zero-order valence-electron chi connectivity index (χ0n) is 31.9. The average molecular weight is 730 g/mol. The minimum Gasteiger partial charge on any atom is -0.299 e. The topological polar surface area (TPSA) is 28.5 Å². The summed E-state index contributed by atoms with van der Waals surface area (Å²) in [4.78, 5) is 13.1. The third-order valence-electron chi connectivity index (χ3n) is 12.1. The van der Waals surface area contributed by atoms with Gasteiger partial charge in [0.2, 0.25) is 0 Å². The van der Waals surface area contributed by atoms with E-state index in [1.54, 1.807) is 0 Å². The molecule has 0 fully saturated rings. The van der Waals surface area contributed by atoms with E-state index in [2.05, 4.69) is 213 Å². The van der Waals surface area contributed by atoms with Crippen LogP contribution in [0.15, 0.2) is 199 Å². The number of nitrogens with zero attached hydrogens (tertiary/aromatic N) is 3. The molecule has 2 aliphatic rings. The molecule has 0 saturated heterocycles. The second-order valence-corrected chi connectivity index (χ2v) is 15.7. The smallest absolute Gasteiger partial charge is 0.155 e. The standard InChI is InChI=1S/C54H39N3/c1-54(2)47-24-13-12-21-43(47)44-31-29-40(33-48(44)54)35-25-27-39(28-26-35)53-56-52(38-19-10-5-11-20-38)57(53)41-30-32-45-49(34-41)55-51(37-17-8-4-9-18-37)46-23-14-22-42(50(45)46)36-15-6-3-7-16-36/h3-34,53H,1-2H3. The van der Waals surface area contributed by atoms with Crippen molar-refractivity contribution in [2.45, 2.75) is 25.4 Å². The quantitative estimate of drug-likeness (QED) is 0.159. The molecule has 1 aromatic heterocycles. The highest BCUT2D eigenvalue weighted by molar-refractivity contribution is 6.19. The molecule has 0 spiro atoms. The zero-order valence-corrected chi connectivity index (χ0v) is 31.9. The summed E-state index contributed by atoms with van der Waals surface area (Å²) in [6.45, 7) is 4.68. The van der Waals surface area contributed by atoms with Crippen molar-refractivity contribution < 1.29 is 0 Å². The number of benzene rings is 8. The van der Waals surface area contributed by atoms with Crippen LogP contribution < -0.4 is 4.90 Å². The number of hydrogen-bond acceptors (Lipinski definition) is 3. The van der Waals surface area contributed by atoms with Gasteiger partial charge in [0.25, 0.3) is 0 Å². The average Bonchev–Trinajstić information content (AvgIpc) is 3.49. The number of anilines is 1. The van der Waals surface area contributed by atoms with Gasteiger partial charge < -0.3 is 0 Å². The fourth-order valence-electron chi connectivity index (χ4n) is 9.18. The highest BCUT2D eigenvalue weighted by Gasteiger charge is 2.36. The Morgan fingerprint density at radius 2 is 1.09 bits per heavy atom. The Hall–Kier alpha value is -7.10. The van der Waals surface area contributed by atoms with E-state index in [0.29, 0.717) is 0 Å². The molecule has 0 saturated carbocycles. The van der Waals surface area contributed by atoms with Crippen LogP contribution in [0.3, 0.4) is 0 Å². The van der Waals surface area contributed by atoms with E-state index in [4.69, 9.17) is 9.98 Å². The second-order valence-electron chi connectivity index (χ2n) is 15.7. The van der Waals surface area contributed by atoms with Gasteiger partial charge in [0, 0.05) is 38.4 Å². The molecule has 0 N–H and O–H groups in total. The van der Waals surface area contributed by atoms with Crippen LogP contribution >= 0.6 is 0 Å². The molecule has 1 aliphatic heterocycles. The Balaban J connectivity index is 1.02. The van der Waals surface area contributed by atoms with Gasteiger partial charge in [0.15, 0.2) is 6.17 Å². The number of aliphatic imine (C=N–C) groups is 1. The van der Waals surface area contributed by atoms with Crippen LogP contribution in [-0.4, -0.2) is 10.8 Å². The lowest BCUT2D eigenvalue weighted by atomic mass is 9.81. The van der Waals surface area contributed by atoms with Crippen molar-refractivity contribution in [1.29, 1.82) is 0 Å². The summed E-state index contributed by atoms with van der Waals surface area (Å²) >= 11 is 0. The summed E-state index contributed by atoms with van der Waals surface area (Å²) in [6.07, 6.45) is -0.172. The van der Waals surface area contributed by atoms with Gasteiger partial charge in [-0.3, -0.25) is 4.90 Å². The summed E-state index contributed by atoms with van der Waals surface area (Å²) in [5.41, 5.74) is 16.6. The van der Waals surface area contributed by atoms with Crippen molar-refractivity contribution >= 4 is 33.2 Å². The summed E-state index contributed by atoms with van der Waals surface area (Å²) in [5, 5.41) is 3.49. The van der Waals surface area contributed by atoms with Crippen LogP contribution in [0.25, 0.3) is 66.3 Å². The van der Waals surface area contributed by atoms with Crippen molar-refractivity contribution in [3.05, 3.63) is 216 Å². The van der Waals surface area contributed by atoms with E-state index < -0.39 is 0 Å². The first kappa shape index (κ1) is 33.3. The van der Waals surface area contributed by atoms with Gasteiger partial charge in [-0.05, 0) is 68.3 Å². The number of aromatic nitrogens is 1. The van der Waals surface area contributed by atoms with Crippen LogP contribution in [-0.2, 0) is 5.41 Å². The van der Waals surface area contributed by atoms with Crippen molar-refractivity contribution in [3.63, 3.8) is 0 Å². The highest BCUT2D eigenvalue weighted by Crippen LogP contribution is 2.50. The molecule has 270 valence electrons. The van der Waals surface area contributed by atoms with Crippen LogP contribution in [0.4, 0.5) is 5.69 Å². The van der Waals surface area contributed by atoms with Crippen molar-refractivity contribution in [3.8, 4) is 44.6 Å². The van der Waals surface area contributed by atoms with E-state index in [-0.39, 0.29) is 11.6 Å². The lowest BCUT2D eigenvalue weighted by Gasteiger charge is -2.40. The first-order chi connectivity index (χ1) is 28.0.